The van der Waals surface area contributed by atoms with Gasteiger partial charge in [0.15, 0.2) is 0 Å². The van der Waals surface area contributed by atoms with E-state index in [1.54, 1.807) is 0 Å². The number of hydrogen-bond acceptors (Lipinski definition) is 1. The molecule has 0 amide bonds. The van der Waals surface area contributed by atoms with Gasteiger partial charge in [-0.2, -0.15) is 0 Å². The molecule has 1 aromatic rings. The van der Waals surface area contributed by atoms with E-state index in [0.29, 0.717) is 5.56 Å². The molecule has 1 unspecified atom stereocenters. The molecule has 78 valence electrons. The van der Waals surface area contributed by atoms with Crippen molar-refractivity contribution < 1.29 is 13.2 Å². The zero-order valence-electron chi connectivity index (χ0n) is 7.18. The monoisotopic (exact) mass is 223 g/mol. The van der Waals surface area contributed by atoms with E-state index in [2.05, 4.69) is 0 Å². The Labute approximate surface area is 84.7 Å². The van der Waals surface area contributed by atoms with Crippen molar-refractivity contribution >= 4 is 11.6 Å². The first-order valence-corrected chi connectivity index (χ1v) is 4.36. The van der Waals surface area contributed by atoms with E-state index >= 15 is 0 Å². The second-order valence-corrected chi connectivity index (χ2v) is 3.36. The molecule has 14 heavy (non-hydrogen) atoms. The highest BCUT2D eigenvalue weighted by atomic mass is 35.5. The van der Waals surface area contributed by atoms with E-state index in [9.17, 15) is 13.2 Å². The van der Waals surface area contributed by atoms with Crippen LogP contribution in [-0.4, -0.2) is 12.5 Å². The summed E-state index contributed by atoms with van der Waals surface area (Å²) < 4.78 is 36.8. The minimum atomic E-state index is -2.58. The fourth-order valence-electron chi connectivity index (χ4n) is 1.03. The summed E-state index contributed by atoms with van der Waals surface area (Å²) in [6.45, 7) is 0. The molecule has 5 heteroatoms. The second kappa shape index (κ2) is 4.66. The van der Waals surface area contributed by atoms with Crippen LogP contribution in [0.3, 0.4) is 0 Å². The first kappa shape index (κ1) is 11.3. The minimum absolute atomic E-state index is 0.0162. The molecule has 0 saturated heterocycles. The molecule has 0 radical (unpaired) electrons. The van der Waals surface area contributed by atoms with Gasteiger partial charge in [-0.05, 0) is 24.1 Å². The standard InChI is InChI=1S/C9H9ClF3N/c10-6-3-5(1-2-7(6)11)4-8(14)9(12)13/h1-3,8-9H,4,14H2. The predicted octanol–water partition coefficient (Wildman–Crippen LogP) is 2.61. The molecule has 0 saturated carbocycles. The normalized spacial score (nSPS) is 13.3. The summed E-state index contributed by atoms with van der Waals surface area (Å²) >= 11 is 5.47. The lowest BCUT2D eigenvalue weighted by Crippen LogP contribution is -2.30. The highest BCUT2D eigenvalue weighted by Crippen LogP contribution is 2.17. The molecule has 1 rings (SSSR count). The summed E-state index contributed by atoms with van der Waals surface area (Å²) in [4.78, 5) is 0. The van der Waals surface area contributed by atoms with Gasteiger partial charge in [0.25, 0.3) is 6.43 Å². The van der Waals surface area contributed by atoms with Crippen LogP contribution in [0, 0.1) is 5.82 Å². The maximum absolute atomic E-state index is 12.7. The quantitative estimate of drug-likeness (QED) is 0.838. The molecule has 1 aromatic carbocycles. The van der Waals surface area contributed by atoms with Crippen LogP contribution in [0.5, 0.6) is 0 Å². The summed E-state index contributed by atoms with van der Waals surface area (Å²) in [6.07, 6.45) is -2.60. The topological polar surface area (TPSA) is 26.0 Å². The fraction of sp³-hybridized carbons (Fsp3) is 0.333. The lowest BCUT2D eigenvalue weighted by Gasteiger charge is -2.10. The third-order valence-corrected chi connectivity index (χ3v) is 2.07. The molecular formula is C9H9ClF3N. The first-order chi connectivity index (χ1) is 6.50. The SMILES string of the molecule is NC(Cc1ccc(F)c(Cl)c1)C(F)F. The van der Waals surface area contributed by atoms with Crippen molar-refractivity contribution in [3.63, 3.8) is 0 Å². The van der Waals surface area contributed by atoms with Crippen LogP contribution in [0.2, 0.25) is 5.02 Å². The van der Waals surface area contributed by atoms with Gasteiger partial charge in [-0.25, -0.2) is 13.2 Å². The number of benzene rings is 1. The number of rotatable bonds is 3. The zero-order chi connectivity index (χ0) is 10.7. The van der Waals surface area contributed by atoms with Gasteiger partial charge in [-0.15, -0.1) is 0 Å². The highest BCUT2D eigenvalue weighted by Gasteiger charge is 2.15. The van der Waals surface area contributed by atoms with Crippen LogP contribution in [0.4, 0.5) is 13.2 Å². The summed E-state index contributed by atoms with van der Waals surface area (Å²) in [5, 5.41) is -0.0797. The summed E-state index contributed by atoms with van der Waals surface area (Å²) in [5.41, 5.74) is 5.65. The third-order valence-electron chi connectivity index (χ3n) is 1.78. The average Bonchev–Trinajstić information content (AvgIpc) is 2.11. The highest BCUT2D eigenvalue weighted by molar-refractivity contribution is 6.30. The Morgan fingerprint density at radius 2 is 2.00 bits per heavy atom. The molecule has 1 atom stereocenters. The van der Waals surface area contributed by atoms with Gasteiger partial charge in [0.05, 0.1) is 11.1 Å². The van der Waals surface area contributed by atoms with E-state index in [0.717, 1.165) is 6.07 Å². The van der Waals surface area contributed by atoms with Crippen LogP contribution in [0.25, 0.3) is 0 Å². The molecule has 0 aliphatic carbocycles. The third kappa shape index (κ3) is 2.89. The predicted molar refractivity (Wildman–Crippen MR) is 49.1 cm³/mol. The average molecular weight is 224 g/mol. The lowest BCUT2D eigenvalue weighted by molar-refractivity contribution is 0.116. The van der Waals surface area contributed by atoms with Gasteiger partial charge in [0.1, 0.15) is 5.82 Å². The molecule has 0 bridgehead atoms. The van der Waals surface area contributed by atoms with Crippen molar-refractivity contribution in [1.82, 2.24) is 0 Å². The van der Waals surface area contributed by atoms with Crippen LogP contribution < -0.4 is 5.73 Å². The maximum atomic E-state index is 12.7. The van der Waals surface area contributed by atoms with Crippen LogP contribution in [-0.2, 0) is 6.42 Å². The number of nitrogens with two attached hydrogens (primary N) is 1. The van der Waals surface area contributed by atoms with Gasteiger partial charge in [0, 0.05) is 0 Å². The molecular weight excluding hydrogens is 215 g/mol. The van der Waals surface area contributed by atoms with Crippen molar-refractivity contribution in [3.05, 3.63) is 34.6 Å². The number of halogens is 4. The van der Waals surface area contributed by atoms with E-state index < -0.39 is 18.3 Å². The number of hydrogen-bond donors (Lipinski definition) is 1. The first-order valence-electron chi connectivity index (χ1n) is 3.98. The van der Waals surface area contributed by atoms with E-state index in [4.69, 9.17) is 17.3 Å². The van der Waals surface area contributed by atoms with Crippen LogP contribution >= 0.6 is 11.6 Å². The summed E-state index contributed by atoms with van der Waals surface area (Å²) in [5.74, 6) is -0.568. The lowest BCUT2D eigenvalue weighted by atomic mass is 10.1. The summed E-state index contributed by atoms with van der Waals surface area (Å²) in [6, 6.07) is 2.59. The van der Waals surface area contributed by atoms with Gasteiger partial charge in [0.2, 0.25) is 0 Å². The van der Waals surface area contributed by atoms with Crippen molar-refractivity contribution in [2.24, 2.45) is 5.73 Å². The zero-order valence-corrected chi connectivity index (χ0v) is 7.94. The van der Waals surface area contributed by atoms with Gasteiger partial charge in [-0.1, -0.05) is 17.7 Å². The Morgan fingerprint density at radius 3 is 2.50 bits per heavy atom. The largest absolute Gasteiger partial charge is 0.323 e. The van der Waals surface area contributed by atoms with E-state index in [1.807, 2.05) is 0 Å². The smallest absolute Gasteiger partial charge is 0.253 e. The fourth-order valence-corrected chi connectivity index (χ4v) is 1.23. The van der Waals surface area contributed by atoms with Crippen molar-refractivity contribution in [2.45, 2.75) is 18.9 Å². The van der Waals surface area contributed by atoms with E-state index in [1.165, 1.54) is 12.1 Å². The molecule has 0 aliphatic heterocycles. The van der Waals surface area contributed by atoms with Gasteiger partial charge >= 0.3 is 0 Å². The Hall–Kier alpha value is -0.740. The van der Waals surface area contributed by atoms with Crippen molar-refractivity contribution in [3.8, 4) is 0 Å². The molecule has 0 aliphatic rings. The molecule has 0 aromatic heterocycles. The molecule has 0 fully saturated rings. The van der Waals surface area contributed by atoms with Gasteiger partial charge < -0.3 is 5.73 Å². The molecule has 0 heterocycles. The molecule has 0 spiro atoms. The Morgan fingerprint density at radius 1 is 1.36 bits per heavy atom. The number of alkyl halides is 2. The minimum Gasteiger partial charge on any atom is -0.323 e. The van der Waals surface area contributed by atoms with Crippen LogP contribution in [0.15, 0.2) is 18.2 Å². The Balaban J connectivity index is 2.73. The summed E-state index contributed by atoms with van der Waals surface area (Å²) in [7, 11) is 0. The van der Waals surface area contributed by atoms with Gasteiger partial charge in [-0.3, -0.25) is 0 Å². The van der Waals surface area contributed by atoms with Crippen LogP contribution in [0.1, 0.15) is 5.56 Å². The Kier molecular flexibility index (Phi) is 3.77. The maximum Gasteiger partial charge on any atom is 0.253 e. The molecule has 1 nitrogen and oxygen atoms in total. The van der Waals surface area contributed by atoms with E-state index in [-0.39, 0.29) is 11.4 Å². The Bertz CT molecular complexity index is 317. The van der Waals surface area contributed by atoms with Crippen molar-refractivity contribution in [1.29, 1.82) is 0 Å². The molecule has 2 N–H and O–H groups in total. The van der Waals surface area contributed by atoms with Crippen molar-refractivity contribution in [2.75, 3.05) is 0 Å². The second-order valence-electron chi connectivity index (χ2n) is 2.95.